The Labute approximate surface area is 140 Å². The van der Waals surface area contributed by atoms with E-state index in [2.05, 4.69) is 9.47 Å². The summed E-state index contributed by atoms with van der Waals surface area (Å²) in [6, 6.07) is 9.35. The van der Waals surface area contributed by atoms with E-state index >= 15 is 0 Å². The Hall–Kier alpha value is -2.89. The van der Waals surface area contributed by atoms with Gasteiger partial charge in [0.05, 0.1) is 31.3 Å². The maximum Gasteiger partial charge on any atom is 0.340 e. The number of carbonyl (C=O) groups excluding carboxylic acids is 3. The molecular weight excluding hydrogens is 310 g/mol. The van der Waals surface area contributed by atoms with Gasteiger partial charge in [-0.15, -0.1) is 0 Å². The van der Waals surface area contributed by atoms with E-state index in [-0.39, 0.29) is 23.0 Å². The second kappa shape index (κ2) is 7.59. The average molecular weight is 329 g/mol. The molecule has 0 N–H and O–H groups in total. The van der Waals surface area contributed by atoms with Crippen molar-refractivity contribution in [1.82, 2.24) is 4.57 Å². The molecule has 0 aliphatic rings. The summed E-state index contributed by atoms with van der Waals surface area (Å²) in [6.07, 6.45) is 3.21. The highest BCUT2D eigenvalue weighted by atomic mass is 16.5. The molecule has 0 radical (unpaired) electrons. The molecule has 0 saturated carbocycles. The molecule has 1 unspecified atom stereocenters. The SMILES string of the molecule is CCC(C(=O)n1cc(C(=O)OC)c(C(=O)OC)c1)c1ccccc1. The molecule has 126 valence electrons. The molecule has 0 spiro atoms. The summed E-state index contributed by atoms with van der Waals surface area (Å²) in [5.41, 5.74) is 0.874. The van der Waals surface area contributed by atoms with Gasteiger partial charge in [0, 0.05) is 12.4 Å². The van der Waals surface area contributed by atoms with Gasteiger partial charge in [-0.2, -0.15) is 0 Å². The van der Waals surface area contributed by atoms with E-state index in [0.717, 1.165) is 5.56 Å². The Morgan fingerprint density at radius 2 is 1.46 bits per heavy atom. The Morgan fingerprint density at radius 3 is 1.88 bits per heavy atom. The van der Waals surface area contributed by atoms with Crippen molar-refractivity contribution < 1.29 is 23.9 Å². The molecule has 2 aromatic rings. The van der Waals surface area contributed by atoms with E-state index in [1.165, 1.54) is 31.2 Å². The fraction of sp³-hybridized carbons (Fsp3) is 0.278. The molecule has 0 saturated heterocycles. The number of ether oxygens (including phenoxy) is 2. The van der Waals surface area contributed by atoms with Crippen molar-refractivity contribution in [3.8, 4) is 0 Å². The smallest absolute Gasteiger partial charge is 0.340 e. The van der Waals surface area contributed by atoms with Crippen molar-refractivity contribution in [2.24, 2.45) is 0 Å². The minimum atomic E-state index is -0.699. The first kappa shape index (κ1) is 17.5. The monoisotopic (exact) mass is 329 g/mol. The Morgan fingerprint density at radius 1 is 0.958 bits per heavy atom. The number of hydrogen-bond donors (Lipinski definition) is 0. The van der Waals surface area contributed by atoms with Gasteiger partial charge in [-0.05, 0) is 12.0 Å². The van der Waals surface area contributed by atoms with Gasteiger partial charge in [0.1, 0.15) is 0 Å². The first-order chi connectivity index (χ1) is 11.5. The van der Waals surface area contributed by atoms with Gasteiger partial charge in [0.25, 0.3) is 0 Å². The topological polar surface area (TPSA) is 74.6 Å². The summed E-state index contributed by atoms with van der Waals surface area (Å²) in [6.45, 7) is 1.90. The Balaban J connectivity index is 2.44. The zero-order valence-corrected chi connectivity index (χ0v) is 13.8. The van der Waals surface area contributed by atoms with Crippen LogP contribution in [0.2, 0.25) is 0 Å². The van der Waals surface area contributed by atoms with Crippen molar-refractivity contribution >= 4 is 17.8 Å². The number of nitrogens with zero attached hydrogens (tertiary/aromatic N) is 1. The number of carbonyl (C=O) groups is 3. The van der Waals surface area contributed by atoms with E-state index in [0.29, 0.717) is 6.42 Å². The summed E-state index contributed by atoms with van der Waals surface area (Å²) in [5, 5.41) is 0. The van der Waals surface area contributed by atoms with Crippen LogP contribution in [0.25, 0.3) is 0 Å². The molecule has 1 heterocycles. The Kier molecular flexibility index (Phi) is 5.52. The van der Waals surface area contributed by atoms with E-state index < -0.39 is 11.9 Å². The maximum absolute atomic E-state index is 12.8. The summed E-state index contributed by atoms with van der Waals surface area (Å²) >= 11 is 0. The fourth-order valence-corrected chi connectivity index (χ4v) is 2.55. The summed E-state index contributed by atoms with van der Waals surface area (Å²) < 4.78 is 10.6. The molecule has 0 fully saturated rings. The molecule has 1 atom stereocenters. The van der Waals surface area contributed by atoms with Crippen LogP contribution in [0.1, 0.15) is 50.3 Å². The second-order valence-electron chi connectivity index (χ2n) is 5.19. The van der Waals surface area contributed by atoms with Crippen LogP contribution in [0.5, 0.6) is 0 Å². The van der Waals surface area contributed by atoms with Crippen LogP contribution in [0.3, 0.4) is 0 Å². The fourth-order valence-electron chi connectivity index (χ4n) is 2.55. The van der Waals surface area contributed by atoms with Crippen molar-refractivity contribution in [2.75, 3.05) is 14.2 Å². The van der Waals surface area contributed by atoms with Gasteiger partial charge in [-0.25, -0.2) is 9.59 Å². The van der Waals surface area contributed by atoms with E-state index in [1.807, 2.05) is 37.3 Å². The average Bonchev–Trinajstić information content (AvgIpc) is 3.07. The van der Waals surface area contributed by atoms with Crippen molar-refractivity contribution in [3.63, 3.8) is 0 Å². The number of rotatable bonds is 5. The van der Waals surface area contributed by atoms with Crippen LogP contribution in [-0.2, 0) is 9.47 Å². The third-order valence-electron chi connectivity index (χ3n) is 3.80. The molecular formula is C18H19NO5. The molecule has 1 aromatic heterocycles. The van der Waals surface area contributed by atoms with Gasteiger partial charge >= 0.3 is 11.9 Å². The third-order valence-corrected chi connectivity index (χ3v) is 3.80. The zero-order chi connectivity index (χ0) is 17.7. The lowest BCUT2D eigenvalue weighted by Gasteiger charge is -2.14. The van der Waals surface area contributed by atoms with Crippen LogP contribution >= 0.6 is 0 Å². The van der Waals surface area contributed by atoms with Crippen molar-refractivity contribution in [1.29, 1.82) is 0 Å². The molecule has 0 aliphatic heterocycles. The minimum absolute atomic E-state index is 0.000569. The standard InChI is InChI=1S/C18H19NO5/c1-4-13(12-8-6-5-7-9-12)16(20)19-10-14(17(21)23-2)15(11-19)18(22)24-3/h5-11,13H,4H2,1-3H3. The van der Waals surface area contributed by atoms with Crippen LogP contribution in [0.4, 0.5) is 0 Å². The lowest BCUT2D eigenvalue weighted by atomic mass is 9.95. The molecule has 0 amide bonds. The molecule has 0 bridgehead atoms. The van der Waals surface area contributed by atoms with E-state index in [4.69, 9.17) is 0 Å². The summed E-state index contributed by atoms with van der Waals surface area (Å²) in [7, 11) is 2.42. The molecule has 6 nitrogen and oxygen atoms in total. The molecule has 2 rings (SSSR count). The normalized spacial score (nSPS) is 11.6. The number of aromatic nitrogens is 1. The Bertz CT molecular complexity index is 715. The molecule has 24 heavy (non-hydrogen) atoms. The summed E-state index contributed by atoms with van der Waals surface area (Å²) in [5.74, 6) is -2.01. The van der Waals surface area contributed by atoms with Crippen LogP contribution in [-0.4, -0.2) is 36.6 Å². The van der Waals surface area contributed by atoms with Gasteiger partial charge in [0.2, 0.25) is 5.91 Å². The number of hydrogen-bond acceptors (Lipinski definition) is 5. The van der Waals surface area contributed by atoms with Crippen LogP contribution < -0.4 is 0 Å². The summed E-state index contributed by atoms with van der Waals surface area (Å²) in [4.78, 5) is 36.5. The quantitative estimate of drug-likeness (QED) is 0.789. The van der Waals surface area contributed by atoms with Gasteiger partial charge in [-0.3, -0.25) is 9.36 Å². The highest BCUT2D eigenvalue weighted by molar-refractivity contribution is 6.04. The first-order valence-corrected chi connectivity index (χ1v) is 7.51. The second-order valence-corrected chi connectivity index (χ2v) is 5.19. The predicted octanol–water partition coefficient (Wildman–Crippen LogP) is 2.90. The predicted molar refractivity (Wildman–Crippen MR) is 87.2 cm³/mol. The lowest BCUT2D eigenvalue weighted by molar-refractivity contribution is 0.0556. The first-order valence-electron chi connectivity index (χ1n) is 7.51. The zero-order valence-electron chi connectivity index (χ0n) is 13.8. The molecule has 1 aromatic carbocycles. The van der Waals surface area contributed by atoms with Gasteiger partial charge in [-0.1, -0.05) is 37.3 Å². The highest BCUT2D eigenvalue weighted by Crippen LogP contribution is 2.23. The van der Waals surface area contributed by atoms with Gasteiger partial charge < -0.3 is 9.47 Å². The van der Waals surface area contributed by atoms with Crippen LogP contribution in [0.15, 0.2) is 42.7 Å². The van der Waals surface area contributed by atoms with E-state index in [1.54, 1.807) is 0 Å². The highest BCUT2D eigenvalue weighted by Gasteiger charge is 2.26. The van der Waals surface area contributed by atoms with Crippen molar-refractivity contribution in [2.45, 2.75) is 19.3 Å². The number of benzene rings is 1. The van der Waals surface area contributed by atoms with E-state index in [9.17, 15) is 14.4 Å². The number of methoxy groups -OCH3 is 2. The van der Waals surface area contributed by atoms with Crippen molar-refractivity contribution in [3.05, 3.63) is 59.4 Å². The minimum Gasteiger partial charge on any atom is -0.465 e. The van der Waals surface area contributed by atoms with Gasteiger partial charge in [0.15, 0.2) is 0 Å². The molecule has 0 aliphatic carbocycles. The number of esters is 2. The van der Waals surface area contributed by atoms with Crippen LogP contribution in [0, 0.1) is 0 Å². The lowest BCUT2D eigenvalue weighted by Crippen LogP contribution is -2.18. The largest absolute Gasteiger partial charge is 0.465 e. The maximum atomic E-state index is 12.8. The third kappa shape index (κ3) is 3.37. The molecule has 6 heteroatoms.